The molecule has 28 heavy (non-hydrogen) atoms. The summed E-state index contributed by atoms with van der Waals surface area (Å²) in [7, 11) is 3.71. The molecule has 0 spiro atoms. The molecular formula is C18H31F3N6O. The summed E-state index contributed by atoms with van der Waals surface area (Å²) in [5.41, 5.74) is -0.771. The van der Waals surface area contributed by atoms with Crippen LogP contribution in [-0.2, 0) is 10.9 Å². The zero-order valence-corrected chi connectivity index (χ0v) is 16.8. The fourth-order valence-electron chi connectivity index (χ4n) is 2.40. The number of methoxy groups -OCH3 is 1. The van der Waals surface area contributed by atoms with Crippen LogP contribution >= 0.6 is 0 Å². The fraction of sp³-hybridized carbons (Fsp3) is 0.667. The second kappa shape index (κ2) is 13.2. The summed E-state index contributed by atoms with van der Waals surface area (Å²) in [6, 6.07) is 2.28. The van der Waals surface area contributed by atoms with Crippen LogP contribution in [0.2, 0.25) is 0 Å². The van der Waals surface area contributed by atoms with Crippen LogP contribution in [0.4, 0.5) is 19.0 Å². The number of nitrogens with one attached hydrogen (secondary N) is 3. The lowest BCUT2D eigenvalue weighted by atomic mass is 10.2. The van der Waals surface area contributed by atoms with Gasteiger partial charge in [0.1, 0.15) is 5.82 Å². The van der Waals surface area contributed by atoms with Gasteiger partial charge < -0.3 is 25.6 Å². The Labute approximate surface area is 164 Å². The van der Waals surface area contributed by atoms with Crippen LogP contribution in [0.5, 0.6) is 0 Å². The molecule has 1 aromatic heterocycles. The zero-order valence-electron chi connectivity index (χ0n) is 16.8. The van der Waals surface area contributed by atoms with Crippen molar-refractivity contribution in [1.29, 1.82) is 0 Å². The highest BCUT2D eigenvalue weighted by Crippen LogP contribution is 2.33. The summed E-state index contributed by atoms with van der Waals surface area (Å²) in [5, 5.41) is 8.95. The van der Waals surface area contributed by atoms with Crippen molar-refractivity contribution < 1.29 is 17.9 Å². The van der Waals surface area contributed by atoms with Gasteiger partial charge in [-0.3, -0.25) is 4.99 Å². The number of pyridine rings is 1. The minimum absolute atomic E-state index is 0.170. The Morgan fingerprint density at radius 3 is 2.71 bits per heavy atom. The van der Waals surface area contributed by atoms with Crippen LogP contribution < -0.4 is 16.0 Å². The lowest BCUT2D eigenvalue weighted by Gasteiger charge is -2.16. The van der Waals surface area contributed by atoms with E-state index >= 15 is 0 Å². The number of hydrogen-bond acceptors (Lipinski definition) is 5. The van der Waals surface area contributed by atoms with Crippen molar-refractivity contribution in [2.24, 2.45) is 4.99 Å². The molecule has 7 nitrogen and oxygen atoms in total. The van der Waals surface area contributed by atoms with Gasteiger partial charge in [0.25, 0.3) is 0 Å². The summed E-state index contributed by atoms with van der Waals surface area (Å²) >= 11 is 0. The van der Waals surface area contributed by atoms with Crippen molar-refractivity contribution in [3.8, 4) is 0 Å². The maximum atomic E-state index is 13.0. The van der Waals surface area contributed by atoms with Crippen LogP contribution in [-0.4, -0.2) is 75.9 Å². The number of alkyl halides is 3. The van der Waals surface area contributed by atoms with Gasteiger partial charge >= 0.3 is 6.18 Å². The van der Waals surface area contributed by atoms with Crippen molar-refractivity contribution in [2.75, 3.05) is 65.3 Å². The lowest BCUT2D eigenvalue weighted by molar-refractivity contribution is -0.137. The number of likely N-dealkylation sites (N-methyl/N-ethyl adjacent to an activating group) is 1. The molecule has 0 saturated heterocycles. The molecule has 0 aliphatic heterocycles. The third-order valence-electron chi connectivity index (χ3n) is 3.81. The van der Waals surface area contributed by atoms with E-state index in [2.05, 4.69) is 30.8 Å². The molecule has 0 amide bonds. The van der Waals surface area contributed by atoms with E-state index in [1.807, 2.05) is 14.0 Å². The standard InChI is InChI=1S/C18H31F3N6O/c1-4-22-17(26-11-13-27(2)12-6-14-28-3)25-10-9-24-16-15(18(19,20)21)7-5-8-23-16/h5,7-8H,4,6,9-14H2,1-3H3,(H,23,24)(H2,22,25,26). The fourth-order valence-corrected chi connectivity index (χ4v) is 2.40. The van der Waals surface area contributed by atoms with E-state index in [0.29, 0.717) is 25.6 Å². The molecule has 0 aliphatic rings. The number of nitrogens with zero attached hydrogens (tertiary/aromatic N) is 3. The Hall–Kier alpha value is -2.07. The minimum atomic E-state index is -4.43. The monoisotopic (exact) mass is 404 g/mol. The number of guanidine groups is 1. The Balaban J connectivity index is 2.41. The third-order valence-corrected chi connectivity index (χ3v) is 3.81. The van der Waals surface area contributed by atoms with Gasteiger partial charge in [-0.1, -0.05) is 0 Å². The maximum absolute atomic E-state index is 13.0. The predicted molar refractivity (Wildman–Crippen MR) is 106 cm³/mol. The van der Waals surface area contributed by atoms with Crippen LogP contribution in [0.3, 0.4) is 0 Å². The SMILES string of the molecule is CCNC(=NCCN(C)CCCOC)NCCNc1ncccc1C(F)(F)F. The largest absolute Gasteiger partial charge is 0.419 e. The lowest BCUT2D eigenvalue weighted by Crippen LogP contribution is -2.40. The van der Waals surface area contributed by atoms with E-state index in [0.717, 1.165) is 32.2 Å². The van der Waals surface area contributed by atoms with Crippen LogP contribution in [0.15, 0.2) is 23.3 Å². The van der Waals surface area contributed by atoms with Crippen molar-refractivity contribution in [2.45, 2.75) is 19.5 Å². The number of anilines is 1. The first kappa shape index (κ1) is 24.0. The van der Waals surface area contributed by atoms with Gasteiger partial charge in [0.15, 0.2) is 5.96 Å². The Morgan fingerprint density at radius 1 is 1.25 bits per heavy atom. The van der Waals surface area contributed by atoms with Gasteiger partial charge in [0.2, 0.25) is 0 Å². The van der Waals surface area contributed by atoms with Gasteiger partial charge in [-0.25, -0.2) is 4.98 Å². The van der Waals surface area contributed by atoms with Crippen molar-refractivity contribution in [3.63, 3.8) is 0 Å². The summed E-state index contributed by atoms with van der Waals surface area (Å²) in [6.07, 6.45) is -2.14. The number of rotatable bonds is 12. The average Bonchev–Trinajstić information content (AvgIpc) is 2.65. The van der Waals surface area contributed by atoms with Gasteiger partial charge in [0, 0.05) is 52.6 Å². The number of halogens is 3. The van der Waals surface area contributed by atoms with E-state index in [1.54, 1.807) is 7.11 Å². The summed E-state index contributed by atoms with van der Waals surface area (Å²) in [6.45, 7) is 6.42. The topological polar surface area (TPSA) is 73.8 Å². The van der Waals surface area contributed by atoms with E-state index in [4.69, 9.17) is 4.74 Å². The highest BCUT2D eigenvalue weighted by atomic mass is 19.4. The van der Waals surface area contributed by atoms with Crippen molar-refractivity contribution in [3.05, 3.63) is 23.9 Å². The molecule has 0 unspecified atom stereocenters. The molecule has 1 rings (SSSR count). The van der Waals surface area contributed by atoms with Crippen molar-refractivity contribution in [1.82, 2.24) is 20.5 Å². The number of ether oxygens (including phenoxy) is 1. The second-order valence-corrected chi connectivity index (χ2v) is 6.16. The molecular weight excluding hydrogens is 373 g/mol. The number of hydrogen-bond donors (Lipinski definition) is 3. The summed E-state index contributed by atoms with van der Waals surface area (Å²) in [5.74, 6) is 0.461. The van der Waals surface area contributed by atoms with E-state index in [9.17, 15) is 13.2 Å². The van der Waals surface area contributed by atoms with E-state index in [1.165, 1.54) is 12.3 Å². The number of aromatic nitrogens is 1. The van der Waals surface area contributed by atoms with Crippen molar-refractivity contribution >= 4 is 11.8 Å². The second-order valence-electron chi connectivity index (χ2n) is 6.16. The molecule has 0 radical (unpaired) electrons. The molecule has 160 valence electrons. The highest BCUT2D eigenvalue weighted by molar-refractivity contribution is 5.79. The molecule has 0 aromatic carbocycles. The molecule has 3 N–H and O–H groups in total. The molecule has 0 atom stereocenters. The molecule has 1 heterocycles. The first-order valence-electron chi connectivity index (χ1n) is 9.34. The smallest absolute Gasteiger partial charge is 0.385 e. The Morgan fingerprint density at radius 2 is 2.04 bits per heavy atom. The van der Waals surface area contributed by atoms with Gasteiger partial charge in [-0.2, -0.15) is 13.2 Å². The molecule has 0 saturated carbocycles. The number of aliphatic imine (C=N–C) groups is 1. The summed E-state index contributed by atoms with van der Waals surface area (Å²) < 4.78 is 43.9. The van der Waals surface area contributed by atoms with E-state index in [-0.39, 0.29) is 12.4 Å². The quantitative estimate of drug-likeness (QED) is 0.281. The van der Waals surface area contributed by atoms with Gasteiger partial charge in [-0.05, 0) is 32.5 Å². The molecule has 10 heteroatoms. The minimum Gasteiger partial charge on any atom is -0.385 e. The van der Waals surface area contributed by atoms with Crippen LogP contribution in [0.1, 0.15) is 18.9 Å². The first-order chi connectivity index (χ1) is 13.4. The van der Waals surface area contributed by atoms with Gasteiger partial charge in [0.05, 0.1) is 12.1 Å². The zero-order chi connectivity index (χ0) is 20.8. The average molecular weight is 404 g/mol. The molecule has 0 fully saturated rings. The summed E-state index contributed by atoms with van der Waals surface area (Å²) in [4.78, 5) is 10.4. The van der Waals surface area contributed by atoms with Crippen LogP contribution in [0, 0.1) is 0 Å². The van der Waals surface area contributed by atoms with Crippen LogP contribution in [0.25, 0.3) is 0 Å². The first-order valence-corrected chi connectivity index (χ1v) is 9.34. The molecule has 0 bridgehead atoms. The van der Waals surface area contributed by atoms with E-state index < -0.39 is 11.7 Å². The normalized spacial score (nSPS) is 12.3. The highest BCUT2D eigenvalue weighted by Gasteiger charge is 2.33. The molecule has 1 aromatic rings. The third kappa shape index (κ3) is 9.75. The Kier molecular flexibility index (Phi) is 11.3. The van der Waals surface area contributed by atoms with Gasteiger partial charge in [-0.15, -0.1) is 0 Å². The molecule has 0 aliphatic carbocycles. The maximum Gasteiger partial charge on any atom is 0.419 e. The predicted octanol–water partition coefficient (Wildman–Crippen LogP) is 2.04. The Bertz CT molecular complexity index is 583.